The number of halogens is 1. The van der Waals surface area contributed by atoms with Crippen LogP contribution in [0.4, 0.5) is 4.39 Å². The van der Waals surface area contributed by atoms with Gasteiger partial charge in [0.15, 0.2) is 0 Å². The molecule has 1 aliphatic carbocycles. The molecule has 3 nitrogen and oxygen atoms in total. The average Bonchev–Trinajstić information content (AvgIpc) is 2.29. The third-order valence-corrected chi connectivity index (χ3v) is 3.48. The largest absolute Gasteiger partial charge is 0.356 e. The molecule has 0 spiro atoms. The van der Waals surface area contributed by atoms with Gasteiger partial charge in [-0.25, -0.2) is 4.39 Å². The van der Waals surface area contributed by atoms with Crippen molar-refractivity contribution >= 4 is 5.91 Å². The van der Waals surface area contributed by atoms with E-state index >= 15 is 0 Å². The third kappa shape index (κ3) is 3.07. The molecule has 0 aromatic heterocycles. The van der Waals surface area contributed by atoms with Crippen LogP contribution in [0.15, 0.2) is 18.2 Å². The predicted octanol–water partition coefficient (Wildman–Crippen LogP) is 1.53. The van der Waals surface area contributed by atoms with Crippen molar-refractivity contribution in [3.05, 3.63) is 35.1 Å². The van der Waals surface area contributed by atoms with E-state index in [9.17, 15) is 9.18 Å². The van der Waals surface area contributed by atoms with Crippen molar-refractivity contribution in [2.24, 2.45) is 11.7 Å². The number of benzene rings is 1. The van der Waals surface area contributed by atoms with Crippen molar-refractivity contribution in [2.45, 2.75) is 32.2 Å². The highest BCUT2D eigenvalue weighted by Crippen LogP contribution is 2.25. The van der Waals surface area contributed by atoms with Gasteiger partial charge in [0.25, 0.3) is 0 Å². The fourth-order valence-corrected chi connectivity index (χ4v) is 2.21. The highest BCUT2D eigenvalue weighted by atomic mass is 19.1. The van der Waals surface area contributed by atoms with Gasteiger partial charge in [0.2, 0.25) is 5.91 Å². The van der Waals surface area contributed by atoms with Crippen LogP contribution in [0.25, 0.3) is 0 Å². The van der Waals surface area contributed by atoms with Gasteiger partial charge < -0.3 is 11.1 Å². The number of aryl methyl sites for hydroxylation is 1. The first-order valence-electron chi connectivity index (χ1n) is 6.34. The predicted molar refractivity (Wildman–Crippen MR) is 68.6 cm³/mol. The normalized spacial score (nSPS) is 22.4. The molecule has 0 aliphatic heterocycles. The molecule has 3 N–H and O–H groups in total. The summed E-state index contributed by atoms with van der Waals surface area (Å²) in [5, 5.41) is 2.90. The smallest absolute Gasteiger partial charge is 0.223 e. The first kappa shape index (κ1) is 13.0. The zero-order valence-corrected chi connectivity index (χ0v) is 10.6. The number of nitrogens with one attached hydrogen (secondary N) is 1. The lowest BCUT2D eigenvalue weighted by Gasteiger charge is -2.31. The Kier molecular flexibility index (Phi) is 3.97. The fraction of sp³-hybridized carbons (Fsp3) is 0.500. The number of hydrogen-bond donors (Lipinski definition) is 2. The van der Waals surface area contributed by atoms with E-state index in [2.05, 4.69) is 5.32 Å². The topological polar surface area (TPSA) is 55.1 Å². The lowest BCUT2D eigenvalue weighted by molar-refractivity contribution is -0.127. The SMILES string of the molecule is Cc1cc(CCNC(=O)C2CC(N)C2)ccc1F. The van der Waals surface area contributed by atoms with E-state index in [0.717, 1.165) is 24.8 Å². The number of rotatable bonds is 4. The van der Waals surface area contributed by atoms with Crippen molar-refractivity contribution in [2.75, 3.05) is 6.54 Å². The number of amides is 1. The highest BCUT2D eigenvalue weighted by Gasteiger charge is 2.31. The van der Waals surface area contributed by atoms with Crippen LogP contribution in [0.1, 0.15) is 24.0 Å². The molecule has 0 bridgehead atoms. The summed E-state index contributed by atoms with van der Waals surface area (Å²) in [5.74, 6) is -0.00303. The third-order valence-electron chi connectivity index (χ3n) is 3.48. The van der Waals surface area contributed by atoms with Crippen molar-refractivity contribution in [3.8, 4) is 0 Å². The second-order valence-corrected chi connectivity index (χ2v) is 5.05. The Morgan fingerprint density at radius 2 is 2.22 bits per heavy atom. The monoisotopic (exact) mass is 250 g/mol. The molecule has 2 rings (SSSR count). The summed E-state index contributed by atoms with van der Waals surface area (Å²) in [4.78, 5) is 11.7. The minimum atomic E-state index is -0.189. The van der Waals surface area contributed by atoms with Crippen LogP contribution in [0.2, 0.25) is 0 Å². The fourth-order valence-electron chi connectivity index (χ4n) is 2.21. The van der Waals surface area contributed by atoms with E-state index in [1.54, 1.807) is 13.0 Å². The van der Waals surface area contributed by atoms with Gasteiger partial charge >= 0.3 is 0 Å². The Morgan fingerprint density at radius 3 is 2.83 bits per heavy atom. The Bertz CT molecular complexity index is 441. The van der Waals surface area contributed by atoms with Gasteiger partial charge in [-0.2, -0.15) is 0 Å². The molecule has 1 aliphatic rings. The van der Waals surface area contributed by atoms with Crippen LogP contribution in [-0.2, 0) is 11.2 Å². The lowest BCUT2D eigenvalue weighted by Crippen LogP contribution is -2.45. The molecule has 1 saturated carbocycles. The average molecular weight is 250 g/mol. The molecule has 98 valence electrons. The maximum atomic E-state index is 13.1. The Balaban J connectivity index is 1.74. The van der Waals surface area contributed by atoms with Gasteiger partial charge in [-0.15, -0.1) is 0 Å². The van der Waals surface area contributed by atoms with Crippen molar-refractivity contribution in [1.29, 1.82) is 0 Å². The number of hydrogen-bond acceptors (Lipinski definition) is 2. The van der Waals surface area contributed by atoms with Gasteiger partial charge in [-0.05, 0) is 43.4 Å². The number of nitrogens with two attached hydrogens (primary N) is 1. The molecule has 0 radical (unpaired) electrons. The minimum absolute atomic E-state index is 0.0925. The van der Waals surface area contributed by atoms with E-state index in [4.69, 9.17) is 5.73 Å². The van der Waals surface area contributed by atoms with Gasteiger partial charge in [0.05, 0.1) is 0 Å². The Hall–Kier alpha value is -1.42. The standard InChI is InChI=1S/C14H19FN2O/c1-9-6-10(2-3-13(9)15)4-5-17-14(18)11-7-12(16)8-11/h2-3,6,11-12H,4-5,7-8,16H2,1H3,(H,17,18). The van der Waals surface area contributed by atoms with Crippen LogP contribution < -0.4 is 11.1 Å². The molecule has 0 heterocycles. The molecule has 1 fully saturated rings. The van der Waals surface area contributed by atoms with Crippen LogP contribution in [0.5, 0.6) is 0 Å². The molecule has 0 unspecified atom stereocenters. The van der Waals surface area contributed by atoms with E-state index in [0.29, 0.717) is 12.1 Å². The summed E-state index contributed by atoms with van der Waals surface area (Å²) in [6, 6.07) is 5.24. The Labute approximate surface area is 107 Å². The van der Waals surface area contributed by atoms with Gasteiger partial charge in [0, 0.05) is 18.5 Å². The summed E-state index contributed by atoms with van der Waals surface area (Å²) >= 11 is 0. The van der Waals surface area contributed by atoms with E-state index in [-0.39, 0.29) is 23.7 Å². The first-order valence-corrected chi connectivity index (χ1v) is 6.34. The van der Waals surface area contributed by atoms with Crippen molar-refractivity contribution in [1.82, 2.24) is 5.32 Å². The second kappa shape index (κ2) is 5.48. The maximum Gasteiger partial charge on any atom is 0.223 e. The summed E-state index contributed by atoms with van der Waals surface area (Å²) in [6.45, 7) is 2.34. The van der Waals surface area contributed by atoms with Gasteiger partial charge in [-0.1, -0.05) is 12.1 Å². The second-order valence-electron chi connectivity index (χ2n) is 5.05. The first-order chi connectivity index (χ1) is 8.56. The quantitative estimate of drug-likeness (QED) is 0.851. The summed E-state index contributed by atoms with van der Waals surface area (Å²) in [6.07, 6.45) is 2.31. The summed E-state index contributed by atoms with van der Waals surface area (Å²) in [5.41, 5.74) is 7.33. The van der Waals surface area contributed by atoms with Crippen LogP contribution in [0, 0.1) is 18.7 Å². The molecule has 0 atom stereocenters. The zero-order chi connectivity index (χ0) is 13.1. The van der Waals surface area contributed by atoms with Crippen LogP contribution in [-0.4, -0.2) is 18.5 Å². The van der Waals surface area contributed by atoms with E-state index in [1.165, 1.54) is 6.07 Å². The van der Waals surface area contributed by atoms with Crippen molar-refractivity contribution in [3.63, 3.8) is 0 Å². The highest BCUT2D eigenvalue weighted by molar-refractivity contribution is 5.79. The molecule has 1 aromatic carbocycles. The molecule has 0 saturated heterocycles. The lowest BCUT2D eigenvalue weighted by atomic mass is 9.80. The summed E-state index contributed by atoms with van der Waals surface area (Å²) in [7, 11) is 0. The molecular weight excluding hydrogens is 231 g/mol. The molecule has 1 amide bonds. The zero-order valence-electron chi connectivity index (χ0n) is 10.6. The minimum Gasteiger partial charge on any atom is -0.356 e. The van der Waals surface area contributed by atoms with Gasteiger partial charge in [0.1, 0.15) is 5.82 Å². The molecule has 1 aromatic rings. The molecule has 18 heavy (non-hydrogen) atoms. The van der Waals surface area contributed by atoms with Crippen molar-refractivity contribution < 1.29 is 9.18 Å². The maximum absolute atomic E-state index is 13.1. The van der Waals surface area contributed by atoms with E-state index < -0.39 is 0 Å². The van der Waals surface area contributed by atoms with Gasteiger partial charge in [-0.3, -0.25) is 4.79 Å². The molecule has 4 heteroatoms. The Morgan fingerprint density at radius 1 is 1.50 bits per heavy atom. The molecular formula is C14H19FN2O. The number of carbonyl (C=O) groups excluding carboxylic acids is 1. The van der Waals surface area contributed by atoms with Crippen LogP contribution in [0.3, 0.4) is 0 Å². The number of carbonyl (C=O) groups is 1. The van der Waals surface area contributed by atoms with E-state index in [1.807, 2.05) is 6.07 Å². The van der Waals surface area contributed by atoms with Crippen LogP contribution >= 0.6 is 0 Å². The summed E-state index contributed by atoms with van der Waals surface area (Å²) < 4.78 is 13.1.